The molecule has 110 valence electrons. The maximum Gasteiger partial charge on any atom is 0.222 e. The van der Waals surface area contributed by atoms with E-state index in [1.165, 1.54) is 38.8 Å². The Morgan fingerprint density at radius 2 is 2.00 bits per heavy atom. The van der Waals surface area contributed by atoms with E-state index >= 15 is 0 Å². The molecule has 0 spiro atoms. The first-order valence-corrected chi connectivity index (χ1v) is 8.11. The molecule has 1 saturated carbocycles. The second-order valence-electron chi connectivity index (χ2n) is 6.89. The summed E-state index contributed by atoms with van der Waals surface area (Å²) in [4.78, 5) is 14.5. The van der Waals surface area contributed by atoms with Gasteiger partial charge in [0.1, 0.15) is 0 Å². The van der Waals surface area contributed by atoms with Crippen molar-refractivity contribution in [2.45, 2.75) is 58.9 Å². The number of rotatable bonds is 5. The molecular weight excluding hydrogens is 236 g/mol. The van der Waals surface area contributed by atoms with Crippen molar-refractivity contribution >= 4 is 5.91 Å². The van der Waals surface area contributed by atoms with Gasteiger partial charge in [-0.25, -0.2) is 0 Å². The van der Waals surface area contributed by atoms with Gasteiger partial charge in [0.15, 0.2) is 0 Å². The fourth-order valence-corrected chi connectivity index (χ4v) is 3.26. The topological polar surface area (TPSA) is 32.3 Å². The molecule has 1 aliphatic heterocycles. The summed E-state index contributed by atoms with van der Waals surface area (Å²) in [7, 11) is 0. The van der Waals surface area contributed by atoms with Crippen LogP contribution < -0.4 is 5.32 Å². The average Bonchev–Trinajstić information content (AvgIpc) is 2.33. The van der Waals surface area contributed by atoms with Crippen LogP contribution in [-0.4, -0.2) is 36.5 Å². The molecule has 1 amide bonds. The Kier molecular flexibility index (Phi) is 5.26. The van der Waals surface area contributed by atoms with E-state index in [-0.39, 0.29) is 11.8 Å². The molecule has 0 aromatic rings. The van der Waals surface area contributed by atoms with Crippen LogP contribution >= 0.6 is 0 Å². The lowest BCUT2D eigenvalue weighted by Crippen LogP contribution is -2.52. The lowest BCUT2D eigenvalue weighted by atomic mass is 9.83. The molecule has 1 aliphatic carbocycles. The number of hydrogen-bond donors (Lipinski definition) is 1. The normalized spacial score (nSPS) is 29.3. The van der Waals surface area contributed by atoms with Crippen LogP contribution in [0.5, 0.6) is 0 Å². The predicted octanol–water partition coefficient (Wildman–Crippen LogP) is 2.66. The molecule has 0 aromatic heterocycles. The highest BCUT2D eigenvalue weighted by Gasteiger charge is 2.30. The number of piperidine rings is 1. The van der Waals surface area contributed by atoms with Crippen LogP contribution in [0.2, 0.25) is 0 Å². The number of amides is 1. The van der Waals surface area contributed by atoms with Crippen LogP contribution in [0.1, 0.15) is 52.9 Å². The van der Waals surface area contributed by atoms with E-state index in [4.69, 9.17) is 0 Å². The standard InChI is InChI=1S/C16H30N2O/c1-4-13-8-15(17-16(19)12(2)3)11-18(9-13)10-14-6-5-7-14/h12-15H,4-11H2,1-3H3,(H,17,19). The summed E-state index contributed by atoms with van der Waals surface area (Å²) in [6.45, 7) is 9.78. The van der Waals surface area contributed by atoms with Crippen LogP contribution in [0.25, 0.3) is 0 Å². The van der Waals surface area contributed by atoms with E-state index in [1.54, 1.807) is 0 Å². The SMILES string of the molecule is CCC1CC(NC(=O)C(C)C)CN(CC2CCC2)C1. The van der Waals surface area contributed by atoms with Gasteiger partial charge in [0.25, 0.3) is 0 Å². The Bertz CT molecular complexity index is 297. The summed E-state index contributed by atoms with van der Waals surface area (Å²) in [5, 5.41) is 3.24. The molecule has 19 heavy (non-hydrogen) atoms. The van der Waals surface area contributed by atoms with Crippen molar-refractivity contribution < 1.29 is 4.79 Å². The minimum Gasteiger partial charge on any atom is -0.352 e. The second kappa shape index (κ2) is 6.74. The molecule has 0 bridgehead atoms. The zero-order valence-corrected chi connectivity index (χ0v) is 12.8. The quantitative estimate of drug-likeness (QED) is 0.829. The highest BCUT2D eigenvalue weighted by molar-refractivity contribution is 5.78. The van der Waals surface area contributed by atoms with E-state index in [2.05, 4.69) is 17.1 Å². The van der Waals surface area contributed by atoms with Crippen molar-refractivity contribution in [2.75, 3.05) is 19.6 Å². The molecule has 2 unspecified atom stereocenters. The molecule has 2 aliphatic rings. The number of carbonyl (C=O) groups excluding carboxylic acids is 1. The van der Waals surface area contributed by atoms with Gasteiger partial charge >= 0.3 is 0 Å². The first kappa shape index (κ1) is 14.8. The van der Waals surface area contributed by atoms with Crippen molar-refractivity contribution in [3.05, 3.63) is 0 Å². The minimum atomic E-state index is 0.0992. The third kappa shape index (κ3) is 4.20. The number of hydrogen-bond acceptors (Lipinski definition) is 2. The van der Waals surface area contributed by atoms with Crippen LogP contribution in [0.4, 0.5) is 0 Å². The summed E-state index contributed by atoms with van der Waals surface area (Å²) in [5.74, 6) is 2.00. The van der Waals surface area contributed by atoms with Crippen LogP contribution in [0.15, 0.2) is 0 Å². The lowest BCUT2D eigenvalue weighted by Gasteiger charge is -2.41. The average molecular weight is 266 g/mol. The van der Waals surface area contributed by atoms with E-state index in [1.807, 2.05) is 13.8 Å². The van der Waals surface area contributed by atoms with Crippen LogP contribution in [0.3, 0.4) is 0 Å². The van der Waals surface area contributed by atoms with Gasteiger partial charge in [0.05, 0.1) is 0 Å². The third-order valence-corrected chi connectivity index (χ3v) is 4.80. The van der Waals surface area contributed by atoms with Crippen molar-refractivity contribution in [1.29, 1.82) is 0 Å². The molecule has 0 radical (unpaired) electrons. The van der Waals surface area contributed by atoms with Crippen molar-refractivity contribution in [3.8, 4) is 0 Å². The molecule has 3 nitrogen and oxygen atoms in total. The predicted molar refractivity (Wildman–Crippen MR) is 78.9 cm³/mol. The van der Waals surface area contributed by atoms with E-state index in [9.17, 15) is 4.79 Å². The van der Waals surface area contributed by atoms with E-state index < -0.39 is 0 Å². The maximum absolute atomic E-state index is 11.9. The molecule has 1 saturated heterocycles. The number of nitrogens with zero attached hydrogens (tertiary/aromatic N) is 1. The summed E-state index contributed by atoms with van der Waals surface area (Å²) < 4.78 is 0. The first-order chi connectivity index (χ1) is 9.08. The van der Waals surface area contributed by atoms with Gasteiger partial charge in [0, 0.05) is 31.6 Å². The smallest absolute Gasteiger partial charge is 0.222 e. The van der Waals surface area contributed by atoms with Crippen molar-refractivity contribution in [2.24, 2.45) is 17.8 Å². The minimum absolute atomic E-state index is 0.0992. The Morgan fingerprint density at radius 3 is 2.53 bits per heavy atom. The highest BCUT2D eigenvalue weighted by Crippen LogP contribution is 2.29. The zero-order valence-electron chi connectivity index (χ0n) is 12.8. The molecular formula is C16H30N2O. The Hall–Kier alpha value is -0.570. The molecule has 0 aromatic carbocycles. The monoisotopic (exact) mass is 266 g/mol. The molecule has 1 N–H and O–H groups in total. The van der Waals surface area contributed by atoms with Gasteiger partial charge in [0.2, 0.25) is 5.91 Å². The summed E-state index contributed by atoms with van der Waals surface area (Å²) in [6.07, 6.45) is 6.64. The fraction of sp³-hybridized carbons (Fsp3) is 0.938. The van der Waals surface area contributed by atoms with Gasteiger partial charge in [-0.2, -0.15) is 0 Å². The molecule has 1 heterocycles. The molecule has 2 fully saturated rings. The van der Waals surface area contributed by atoms with Gasteiger partial charge < -0.3 is 10.2 Å². The van der Waals surface area contributed by atoms with Gasteiger partial charge in [-0.15, -0.1) is 0 Å². The first-order valence-electron chi connectivity index (χ1n) is 8.11. The summed E-state index contributed by atoms with van der Waals surface area (Å²) in [5.41, 5.74) is 0. The fourth-order valence-electron chi connectivity index (χ4n) is 3.26. The lowest BCUT2D eigenvalue weighted by molar-refractivity contribution is -0.125. The zero-order chi connectivity index (χ0) is 13.8. The highest BCUT2D eigenvalue weighted by atomic mass is 16.1. The second-order valence-corrected chi connectivity index (χ2v) is 6.89. The van der Waals surface area contributed by atoms with E-state index in [0.29, 0.717) is 6.04 Å². The van der Waals surface area contributed by atoms with Crippen LogP contribution in [0, 0.1) is 17.8 Å². The van der Waals surface area contributed by atoms with Crippen molar-refractivity contribution in [3.63, 3.8) is 0 Å². The van der Waals surface area contributed by atoms with E-state index in [0.717, 1.165) is 24.8 Å². The molecule has 2 atom stereocenters. The molecule has 2 rings (SSSR count). The number of likely N-dealkylation sites (tertiary alicyclic amines) is 1. The van der Waals surface area contributed by atoms with Gasteiger partial charge in [-0.1, -0.05) is 33.6 Å². The Morgan fingerprint density at radius 1 is 1.26 bits per heavy atom. The van der Waals surface area contributed by atoms with Gasteiger partial charge in [-0.05, 0) is 31.1 Å². The Labute approximate surface area is 118 Å². The van der Waals surface area contributed by atoms with Crippen molar-refractivity contribution in [1.82, 2.24) is 10.2 Å². The third-order valence-electron chi connectivity index (χ3n) is 4.80. The van der Waals surface area contributed by atoms with Gasteiger partial charge in [-0.3, -0.25) is 4.79 Å². The largest absolute Gasteiger partial charge is 0.352 e. The summed E-state index contributed by atoms with van der Waals surface area (Å²) in [6, 6.07) is 0.369. The summed E-state index contributed by atoms with van der Waals surface area (Å²) >= 11 is 0. The van der Waals surface area contributed by atoms with Crippen LogP contribution in [-0.2, 0) is 4.79 Å². The molecule has 3 heteroatoms. The maximum atomic E-state index is 11.9. The number of carbonyl (C=O) groups is 1. The Balaban J connectivity index is 1.85. The number of nitrogens with one attached hydrogen (secondary N) is 1.